The van der Waals surface area contributed by atoms with Crippen molar-refractivity contribution >= 4 is 18.2 Å². The normalized spacial score (nSPS) is 9.75. The summed E-state index contributed by atoms with van der Waals surface area (Å²) in [6.45, 7) is 1.63. The number of carbonyl (C=O) groups is 2. The molecule has 0 atom stereocenters. The number of amides is 1. The van der Waals surface area contributed by atoms with Crippen LogP contribution in [-0.4, -0.2) is 32.3 Å². The Balaban J connectivity index is 0.000000878. The van der Waals surface area contributed by atoms with Crippen molar-refractivity contribution in [2.75, 3.05) is 5.73 Å². The fraction of sp³-hybridized carbons (Fsp3) is 0.105. The van der Waals surface area contributed by atoms with E-state index in [1.807, 2.05) is 20.2 Å². The molecule has 2 aromatic heterocycles. The molecule has 0 aliphatic carbocycles. The van der Waals surface area contributed by atoms with Crippen molar-refractivity contribution in [3.05, 3.63) is 53.3 Å². The molecule has 28 heavy (non-hydrogen) atoms. The number of benzene rings is 1. The van der Waals surface area contributed by atoms with Crippen LogP contribution in [0.3, 0.4) is 0 Å². The highest BCUT2D eigenvalue weighted by molar-refractivity contribution is 5.93. The molecule has 2 heterocycles. The first-order valence-corrected chi connectivity index (χ1v) is 8.01. The second-order valence-corrected chi connectivity index (χ2v) is 5.78. The van der Waals surface area contributed by atoms with Gasteiger partial charge in [0.25, 0.3) is 6.47 Å². The fourth-order valence-corrected chi connectivity index (χ4v) is 2.79. The van der Waals surface area contributed by atoms with Gasteiger partial charge in [-0.15, -0.1) is 0 Å². The number of carboxylic acid groups (broad SMARTS) is 1. The van der Waals surface area contributed by atoms with Gasteiger partial charge in [0.15, 0.2) is 0 Å². The summed E-state index contributed by atoms with van der Waals surface area (Å²) in [5.41, 5.74) is 15.7. The van der Waals surface area contributed by atoms with Crippen LogP contribution in [0.5, 0.6) is 0 Å². The average Bonchev–Trinajstić information content (AvgIpc) is 3.09. The number of hydrogen-bond donors (Lipinski definition) is 3. The minimum atomic E-state index is -0.505. The van der Waals surface area contributed by atoms with Crippen LogP contribution in [-0.2, 0) is 11.8 Å². The number of aromatic nitrogens is 3. The van der Waals surface area contributed by atoms with Gasteiger partial charge in [0.05, 0.1) is 11.9 Å². The van der Waals surface area contributed by atoms with Gasteiger partial charge in [-0.3, -0.25) is 14.3 Å². The summed E-state index contributed by atoms with van der Waals surface area (Å²) in [7, 11) is 1.81. The summed E-state index contributed by atoms with van der Waals surface area (Å²) in [5, 5.41) is 20.6. The molecule has 5 N–H and O–H groups in total. The molecule has 0 saturated carbocycles. The molecule has 9 heteroatoms. The Morgan fingerprint density at radius 1 is 1.29 bits per heavy atom. The van der Waals surface area contributed by atoms with Gasteiger partial charge in [-0.2, -0.15) is 10.4 Å². The number of nitrogens with two attached hydrogens (primary N) is 2. The Kier molecular flexibility index (Phi) is 6.08. The summed E-state index contributed by atoms with van der Waals surface area (Å²) in [5.74, 6) is -0.352. The lowest BCUT2D eigenvalue weighted by Crippen LogP contribution is -2.10. The Morgan fingerprint density at radius 2 is 1.89 bits per heavy atom. The number of rotatable bonds is 3. The molecule has 3 rings (SSSR count). The van der Waals surface area contributed by atoms with Crippen LogP contribution >= 0.6 is 0 Å². The molecule has 0 radical (unpaired) electrons. The third-order valence-electron chi connectivity index (χ3n) is 4.02. The van der Waals surface area contributed by atoms with Gasteiger partial charge < -0.3 is 16.6 Å². The number of anilines is 1. The van der Waals surface area contributed by atoms with Crippen molar-refractivity contribution in [3.63, 3.8) is 0 Å². The molecule has 1 amide bonds. The first-order valence-electron chi connectivity index (χ1n) is 8.01. The topological polar surface area (TPSA) is 161 Å². The Labute approximate surface area is 160 Å². The van der Waals surface area contributed by atoms with Gasteiger partial charge in [-0.1, -0.05) is 12.1 Å². The number of aryl methyl sites for hydroxylation is 1. The third kappa shape index (κ3) is 3.96. The molecule has 9 nitrogen and oxygen atoms in total. The van der Waals surface area contributed by atoms with Crippen LogP contribution in [0, 0.1) is 18.3 Å². The fourth-order valence-electron chi connectivity index (χ4n) is 2.79. The van der Waals surface area contributed by atoms with E-state index < -0.39 is 5.91 Å². The van der Waals surface area contributed by atoms with Gasteiger partial charge in [0.1, 0.15) is 17.5 Å². The highest BCUT2D eigenvalue weighted by Gasteiger charge is 2.19. The molecule has 3 aromatic rings. The number of hydrogen-bond acceptors (Lipinski definition) is 6. The first kappa shape index (κ1) is 20.1. The molecule has 0 unspecified atom stereocenters. The second kappa shape index (κ2) is 8.46. The predicted molar refractivity (Wildman–Crippen MR) is 103 cm³/mol. The zero-order valence-electron chi connectivity index (χ0n) is 15.2. The maximum Gasteiger partial charge on any atom is 0.290 e. The van der Waals surface area contributed by atoms with E-state index in [2.05, 4.69) is 16.2 Å². The van der Waals surface area contributed by atoms with Crippen LogP contribution < -0.4 is 11.5 Å². The van der Waals surface area contributed by atoms with Gasteiger partial charge >= 0.3 is 0 Å². The SMILES string of the molecule is Cc1c(-c2cnn(C)c2)nc(N)c(C#N)c1-c1ccc(C(N)=O)cc1.O=CO. The summed E-state index contributed by atoms with van der Waals surface area (Å²) in [6.07, 6.45) is 3.53. The number of nitrogen functional groups attached to an aromatic ring is 1. The minimum Gasteiger partial charge on any atom is -0.483 e. The quantitative estimate of drug-likeness (QED) is 0.584. The number of carbonyl (C=O) groups excluding carboxylic acids is 1. The Bertz CT molecular complexity index is 1060. The van der Waals surface area contributed by atoms with Crippen LogP contribution in [0.15, 0.2) is 36.7 Å². The van der Waals surface area contributed by atoms with E-state index in [0.717, 1.165) is 16.7 Å². The molecule has 0 saturated heterocycles. The smallest absolute Gasteiger partial charge is 0.290 e. The highest BCUT2D eigenvalue weighted by Crippen LogP contribution is 2.35. The van der Waals surface area contributed by atoms with Gasteiger partial charge in [0.2, 0.25) is 5.91 Å². The van der Waals surface area contributed by atoms with E-state index in [1.165, 1.54) is 0 Å². The lowest BCUT2D eigenvalue weighted by atomic mass is 9.93. The average molecular weight is 378 g/mol. The predicted octanol–water partition coefficient (Wildman–Crippen LogP) is 1.71. The summed E-state index contributed by atoms with van der Waals surface area (Å²) >= 11 is 0. The maximum atomic E-state index is 11.3. The van der Waals surface area contributed by atoms with Gasteiger partial charge in [-0.25, -0.2) is 4.98 Å². The summed E-state index contributed by atoms with van der Waals surface area (Å²) < 4.78 is 1.67. The third-order valence-corrected chi connectivity index (χ3v) is 4.02. The molecular formula is C19H18N6O3. The van der Waals surface area contributed by atoms with E-state index in [-0.39, 0.29) is 12.3 Å². The summed E-state index contributed by atoms with van der Waals surface area (Å²) in [4.78, 5) is 24.0. The van der Waals surface area contributed by atoms with Crippen molar-refractivity contribution in [1.29, 1.82) is 5.26 Å². The standard InChI is InChI=1S/C18H16N6O.CH2O2/c1-10-15(11-3-5-12(6-4-11)18(21)25)14(7-19)17(20)23-16(10)13-8-22-24(2)9-13;2-1-3/h3-6,8-9H,1-2H3,(H2,20,23)(H2,21,25);1H,(H,2,3). The molecule has 0 spiro atoms. The zero-order chi connectivity index (χ0) is 20.8. The second-order valence-electron chi connectivity index (χ2n) is 5.78. The van der Waals surface area contributed by atoms with E-state index in [0.29, 0.717) is 22.4 Å². The first-order chi connectivity index (χ1) is 13.3. The van der Waals surface area contributed by atoms with E-state index in [4.69, 9.17) is 21.4 Å². The van der Waals surface area contributed by atoms with E-state index in [9.17, 15) is 10.1 Å². The van der Waals surface area contributed by atoms with Crippen LogP contribution in [0.25, 0.3) is 22.4 Å². The maximum absolute atomic E-state index is 11.3. The van der Waals surface area contributed by atoms with Gasteiger partial charge in [0, 0.05) is 29.9 Å². The van der Waals surface area contributed by atoms with Crippen molar-refractivity contribution in [2.45, 2.75) is 6.92 Å². The molecule has 0 aliphatic heterocycles. The molecule has 1 aromatic carbocycles. The van der Waals surface area contributed by atoms with Crippen LogP contribution in [0.2, 0.25) is 0 Å². The number of nitrogens with zero attached hydrogens (tertiary/aromatic N) is 4. The summed E-state index contributed by atoms with van der Waals surface area (Å²) in [6, 6.07) is 8.86. The Hall–Kier alpha value is -4.19. The van der Waals surface area contributed by atoms with E-state index >= 15 is 0 Å². The van der Waals surface area contributed by atoms with Crippen molar-refractivity contribution in [2.24, 2.45) is 12.8 Å². The zero-order valence-corrected chi connectivity index (χ0v) is 15.2. The molecule has 0 aliphatic rings. The molecule has 0 fully saturated rings. The number of primary amides is 1. The van der Waals surface area contributed by atoms with Crippen molar-refractivity contribution in [3.8, 4) is 28.5 Å². The van der Waals surface area contributed by atoms with Gasteiger partial charge in [-0.05, 0) is 30.2 Å². The van der Waals surface area contributed by atoms with E-state index in [1.54, 1.807) is 35.1 Å². The Morgan fingerprint density at radius 3 is 2.36 bits per heavy atom. The number of pyridine rings is 1. The lowest BCUT2D eigenvalue weighted by Gasteiger charge is -2.14. The number of nitriles is 1. The van der Waals surface area contributed by atoms with Crippen LogP contribution in [0.1, 0.15) is 21.5 Å². The molecule has 142 valence electrons. The monoisotopic (exact) mass is 378 g/mol. The largest absolute Gasteiger partial charge is 0.483 e. The van der Waals surface area contributed by atoms with Crippen LogP contribution in [0.4, 0.5) is 5.82 Å². The lowest BCUT2D eigenvalue weighted by molar-refractivity contribution is -0.122. The minimum absolute atomic E-state index is 0.154. The molecular weight excluding hydrogens is 360 g/mol. The molecule has 0 bridgehead atoms. The highest BCUT2D eigenvalue weighted by atomic mass is 16.3. The van der Waals surface area contributed by atoms with Crippen molar-refractivity contribution in [1.82, 2.24) is 14.8 Å². The van der Waals surface area contributed by atoms with Crippen molar-refractivity contribution < 1.29 is 14.7 Å².